The number of ether oxygens (including phenoxy) is 1. The van der Waals surface area contributed by atoms with E-state index in [0.29, 0.717) is 17.5 Å². The lowest BCUT2D eigenvalue weighted by Gasteiger charge is -2.20. The number of nitrogens with zero attached hydrogens (tertiary/aromatic N) is 4. The zero-order valence-electron chi connectivity index (χ0n) is 34.0. The Morgan fingerprint density at radius 3 is 1.75 bits per heavy atom. The Hall–Kier alpha value is -8.35. The van der Waals surface area contributed by atoms with E-state index in [1.165, 1.54) is 11.0 Å². The van der Waals surface area contributed by atoms with Gasteiger partial charge in [-0.1, -0.05) is 121 Å². The van der Waals surface area contributed by atoms with Crippen molar-refractivity contribution in [2.24, 2.45) is 0 Å². The fraction of sp³-hybridized carbons (Fsp3) is 0.0351. The van der Waals surface area contributed by atoms with Gasteiger partial charge in [0, 0.05) is 38.2 Å². The lowest BCUT2D eigenvalue weighted by Crippen LogP contribution is -2.03. The van der Waals surface area contributed by atoms with Crippen LogP contribution in [0.2, 0.25) is 0 Å². The molecule has 2 aliphatic rings. The molecule has 3 aromatic heterocycles. The van der Waals surface area contributed by atoms with Crippen molar-refractivity contribution in [2.75, 3.05) is 0 Å². The molecule has 0 radical (unpaired) electrons. The van der Waals surface area contributed by atoms with Gasteiger partial charge < -0.3 is 13.7 Å². The van der Waals surface area contributed by atoms with Crippen LogP contribution in [0.1, 0.15) is 18.4 Å². The maximum Gasteiger partial charge on any atom is 0.164 e. The van der Waals surface area contributed by atoms with Gasteiger partial charge in [-0.25, -0.2) is 15.0 Å². The zero-order valence-corrected chi connectivity index (χ0v) is 34.0. The number of hydrogen-bond acceptors (Lipinski definition) is 5. The molecular formula is C57H36N4O2. The van der Waals surface area contributed by atoms with Gasteiger partial charge in [-0.3, -0.25) is 0 Å². The van der Waals surface area contributed by atoms with E-state index < -0.39 is 0 Å². The van der Waals surface area contributed by atoms with Crippen molar-refractivity contribution in [3.63, 3.8) is 0 Å². The first-order valence-corrected chi connectivity index (χ1v) is 21.4. The molecule has 8 aromatic carbocycles. The SMILES string of the molecule is C1=CC(c2cccc(-c3nc(-c4cccc(-c5ccccc5)c4)nc(-c4ccc5oc6ccc(-c7ccc8c(c7)c7cccc9c7n8-c7ccccc7O9)cc6c5c4)n3)c2)=CCC1. The average molecular weight is 809 g/mol. The molecule has 1 aliphatic carbocycles. The highest BCUT2D eigenvalue weighted by Gasteiger charge is 2.24. The molecular weight excluding hydrogens is 773 g/mol. The van der Waals surface area contributed by atoms with E-state index in [9.17, 15) is 0 Å². The fourth-order valence-electron chi connectivity index (χ4n) is 9.39. The van der Waals surface area contributed by atoms with Crippen LogP contribution in [-0.4, -0.2) is 19.5 Å². The van der Waals surface area contributed by atoms with Crippen LogP contribution in [0.4, 0.5) is 0 Å². The van der Waals surface area contributed by atoms with Crippen molar-refractivity contribution in [1.29, 1.82) is 0 Å². The van der Waals surface area contributed by atoms with Gasteiger partial charge in [0.1, 0.15) is 11.2 Å². The van der Waals surface area contributed by atoms with Crippen molar-refractivity contribution >= 4 is 49.3 Å². The monoisotopic (exact) mass is 808 g/mol. The van der Waals surface area contributed by atoms with E-state index >= 15 is 0 Å². The minimum atomic E-state index is 0.596. The number of aromatic nitrogens is 4. The Morgan fingerprint density at radius 1 is 0.413 bits per heavy atom. The Bertz CT molecular complexity index is 3720. The van der Waals surface area contributed by atoms with Crippen molar-refractivity contribution in [1.82, 2.24) is 19.5 Å². The van der Waals surface area contributed by atoms with Crippen molar-refractivity contribution in [2.45, 2.75) is 12.8 Å². The minimum absolute atomic E-state index is 0.596. The summed E-state index contributed by atoms with van der Waals surface area (Å²) in [6.07, 6.45) is 8.85. The van der Waals surface area contributed by atoms with Crippen molar-refractivity contribution in [3.8, 4) is 73.6 Å². The summed E-state index contributed by atoms with van der Waals surface area (Å²) in [6.45, 7) is 0. The molecule has 0 amide bonds. The highest BCUT2D eigenvalue weighted by atomic mass is 16.5. The molecule has 6 heteroatoms. The number of hydrogen-bond donors (Lipinski definition) is 0. The molecule has 63 heavy (non-hydrogen) atoms. The number of fused-ring (bicyclic) bond motifs is 8. The second kappa shape index (κ2) is 14.1. The smallest absolute Gasteiger partial charge is 0.164 e. The largest absolute Gasteiger partial charge is 0.456 e. The molecule has 0 bridgehead atoms. The van der Waals surface area contributed by atoms with Gasteiger partial charge >= 0.3 is 0 Å². The second-order valence-electron chi connectivity index (χ2n) is 16.3. The molecule has 6 nitrogen and oxygen atoms in total. The highest BCUT2D eigenvalue weighted by molar-refractivity contribution is 6.13. The maximum absolute atomic E-state index is 6.46. The van der Waals surface area contributed by atoms with E-state index in [-0.39, 0.29) is 0 Å². The summed E-state index contributed by atoms with van der Waals surface area (Å²) in [7, 11) is 0. The summed E-state index contributed by atoms with van der Waals surface area (Å²) < 4.78 is 15.2. The molecule has 0 unspecified atom stereocenters. The van der Waals surface area contributed by atoms with E-state index in [1.54, 1.807) is 0 Å². The predicted octanol–water partition coefficient (Wildman–Crippen LogP) is 15.0. The number of para-hydroxylation sites is 3. The Morgan fingerprint density at radius 2 is 0.984 bits per heavy atom. The van der Waals surface area contributed by atoms with Crippen LogP contribution >= 0.6 is 0 Å². The standard InChI is InChI=1S/C57H36N4O2/c1-3-12-35(13-4-1)37-16-9-18-41(30-37)55-58-56(42-19-10-17-38(31-42)36-14-5-2-6-15-36)60-57(59-55)43-26-29-51-47(34-43)46-33-40(25-28-50(46)62-51)39-24-27-48-45(32-39)44-20-11-23-53-54(44)61(48)49-21-7-8-22-52(49)63-53/h1,3-5,7-34H,2,6H2. The molecule has 0 saturated heterocycles. The summed E-state index contributed by atoms with van der Waals surface area (Å²) in [4.78, 5) is 15.5. The van der Waals surface area contributed by atoms with Crippen molar-refractivity contribution in [3.05, 3.63) is 200 Å². The first kappa shape index (κ1) is 35.4. The summed E-state index contributed by atoms with van der Waals surface area (Å²) in [6, 6.07) is 61.4. The van der Waals surface area contributed by atoms with Crippen LogP contribution in [0.25, 0.3) is 111 Å². The van der Waals surface area contributed by atoms with Crippen LogP contribution in [-0.2, 0) is 0 Å². The number of allylic oxidation sites excluding steroid dienone is 4. The van der Waals surface area contributed by atoms with Crippen LogP contribution in [0, 0.1) is 0 Å². The molecule has 0 N–H and O–H groups in total. The van der Waals surface area contributed by atoms with Gasteiger partial charge in [-0.2, -0.15) is 0 Å². The van der Waals surface area contributed by atoms with Gasteiger partial charge in [-0.15, -0.1) is 0 Å². The molecule has 296 valence electrons. The maximum atomic E-state index is 6.46. The third-order valence-corrected chi connectivity index (χ3v) is 12.4. The number of rotatable bonds is 6. The first-order chi connectivity index (χ1) is 31.2. The van der Waals surface area contributed by atoms with Crippen molar-refractivity contribution < 1.29 is 9.15 Å². The zero-order chi connectivity index (χ0) is 41.4. The molecule has 0 saturated carbocycles. The topological polar surface area (TPSA) is 66.0 Å². The molecule has 0 spiro atoms. The first-order valence-electron chi connectivity index (χ1n) is 21.4. The Kier molecular flexibility index (Phi) is 7.93. The third-order valence-electron chi connectivity index (χ3n) is 12.4. The molecule has 11 aromatic rings. The molecule has 13 rings (SSSR count). The van der Waals surface area contributed by atoms with Crippen LogP contribution < -0.4 is 4.74 Å². The van der Waals surface area contributed by atoms with E-state index in [0.717, 1.165) is 113 Å². The lowest BCUT2D eigenvalue weighted by molar-refractivity contribution is 0.476. The number of furan rings is 1. The van der Waals surface area contributed by atoms with Crippen LogP contribution in [0.15, 0.2) is 199 Å². The van der Waals surface area contributed by atoms with Crippen LogP contribution in [0.3, 0.4) is 0 Å². The quantitative estimate of drug-likeness (QED) is 0.167. The van der Waals surface area contributed by atoms with Gasteiger partial charge in [-0.05, 0) is 119 Å². The third kappa shape index (κ3) is 5.91. The molecule has 0 fully saturated rings. The van der Waals surface area contributed by atoms with Gasteiger partial charge in [0.2, 0.25) is 0 Å². The van der Waals surface area contributed by atoms with Gasteiger partial charge in [0.15, 0.2) is 29.0 Å². The Labute approximate surface area is 362 Å². The van der Waals surface area contributed by atoms with E-state index in [1.807, 2.05) is 30.3 Å². The Balaban J connectivity index is 0.941. The predicted molar refractivity (Wildman–Crippen MR) is 255 cm³/mol. The van der Waals surface area contributed by atoms with Gasteiger partial charge in [0.25, 0.3) is 0 Å². The summed E-state index contributed by atoms with van der Waals surface area (Å²) in [5.74, 6) is 3.56. The second-order valence-corrected chi connectivity index (χ2v) is 16.3. The van der Waals surface area contributed by atoms with Gasteiger partial charge in [0.05, 0.1) is 16.7 Å². The molecule has 4 heterocycles. The highest BCUT2D eigenvalue weighted by Crippen LogP contribution is 2.46. The molecule has 1 aliphatic heterocycles. The lowest BCUT2D eigenvalue weighted by atomic mass is 9.98. The normalized spacial score (nSPS) is 13.1. The summed E-state index contributed by atoms with van der Waals surface area (Å²) in [5.41, 5.74) is 14.5. The minimum Gasteiger partial charge on any atom is -0.456 e. The fourth-order valence-corrected chi connectivity index (χ4v) is 9.39. The number of benzene rings is 8. The van der Waals surface area contributed by atoms with E-state index in [4.69, 9.17) is 24.1 Å². The molecule has 0 atom stereocenters. The average Bonchev–Trinajstić information content (AvgIpc) is 3.90. The summed E-state index contributed by atoms with van der Waals surface area (Å²) in [5, 5.41) is 4.37. The summed E-state index contributed by atoms with van der Waals surface area (Å²) >= 11 is 0. The van der Waals surface area contributed by atoms with E-state index in [2.05, 4.69) is 168 Å². The van der Waals surface area contributed by atoms with Crippen LogP contribution in [0.5, 0.6) is 11.5 Å².